The van der Waals surface area contributed by atoms with Crippen LogP contribution in [-0.2, 0) is 11.3 Å². The fourth-order valence-electron chi connectivity index (χ4n) is 3.97. The lowest BCUT2D eigenvalue weighted by atomic mass is 10.0. The van der Waals surface area contributed by atoms with Crippen molar-refractivity contribution in [2.75, 3.05) is 13.2 Å². The van der Waals surface area contributed by atoms with Gasteiger partial charge in [-0.2, -0.15) is 0 Å². The van der Waals surface area contributed by atoms with Gasteiger partial charge < -0.3 is 19.1 Å². The second-order valence-electron chi connectivity index (χ2n) is 8.31. The average Bonchev–Trinajstić information content (AvgIpc) is 3.09. The topological polar surface area (TPSA) is 60.7 Å². The molecule has 166 valence electrons. The third-order valence-electron chi connectivity index (χ3n) is 5.64. The molecular weight excluding hydrogens is 402 g/mol. The van der Waals surface area contributed by atoms with Crippen LogP contribution in [0.5, 0.6) is 11.5 Å². The largest absolute Gasteiger partial charge is 0.494 e. The number of carbonyl (C=O) groups is 1. The second-order valence-corrected chi connectivity index (χ2v) is 8.31. The summed E-state index contributed by atoms with van der Waals surface area (Å²) in [5.74, 6) is 1.28. The number of ether oxygens (including phenoxy) is 2. The maximum Gasteiger partial charge on any atom is 0.323 e. The predicted molar refractivity (Wildman–Crippen MR) is 128 cm³/mol. The molecule has 0 atom stereocenters. The minimum Gasteiger partial charge on any atom is -0.494 e. The number of hydrogen-bond acceptors (Lipinski definition) is 3. The van der Waals surface area contributed by atoms with Crippen molar-refractivity contribution in [2.45, 2.75) is 39.2 Å². The number of fused-ring (bicyclic) bond motifs is 3. The van der Waals surface area contributed by atoms with Gasteiger partial charge in [-0.15, -0.1) is 0 Å². The first kappa shape index (κ1) is 21.8. The van der Waals surface area contributed by atoms with Gasteiger partial charge in [-0.1, -0.05) is 44.2 Å². The Balaban J connectivity index is 1.35. The van der Waals surface area contributed by atoms with Gasteiger partial charge in [-0.05, 0) is 54.7 Å². The minimum absolute atomic E-state index is 0.0805. The Morgan fingerprint density at radius 2 is 1.53 bits per heavy atom. The molecule has 32 heavy (non-hydrogen) atoms. The molecule has 0 radical (unpaired) electrons. The monoisotopic (exact) mass is 431 g/mol. The molecule has 3 aromatic carbocycles. The maximum absolute atomic E-state index is 11.4. The van der Waals surface area contributed by atoms with Crippen LogP contribution in [0, 0.1) is 0 Å². The molecule has 0 saturated heterocycles. The molecule has 1 N–H and O–H groups in total. The molecule has 0 fully saturated rings. The van der Waals surface area contributed by atoms with Gasteiger partial charge >= 0.3 is 5.97 Å². The van der Waals surface area contributed by atoms with E-state index in [-0.39, 0.29) is 6.54 Å². The van der Waals surface area contributed by atoms with Gasteiger partial charge in [-0.25, -0.2) is 0 Å². The van der Waals surface area contributed by atoms with Crippen molar-refractivity contribution in [3.63, 3.8) is 0 Å². The van der Waals surface area contributed by atoms with E-state index in [1.54, 1.807) is 0 Å². The van der Waals surface area contributed by atoms with Gasteiger partial charge in [0, 0.05) is 22.4 Å². The smallest absolute Gasteiger partial charge is 0.323 e. The number of rotatable bonds is 10. The second kappa shape index (κ2) is 9.77. The number of nitrogens with zero attached hydrogens (tertiary/aromatic N) is 1. The zero-order valence-corrected chi connectivity index (χ0v) is 18.6. The molecule has 4 aromatic rings. The van der Waals surface area contributed by atoms with Crippen molar-refractivity contribution in [1.82, 2.24) is 4.57 Å². The number of hydrogen-bond donors (Lipinski definition) is 1. The summed E-state index contributed by atoms with van der Waals surface area (Å²) in [6.07, 6.45) is 1.77. The molecule has 1 aromatic heterocycles. The van der Waals surface area contributed by atoms with Gasteiger partial charge in [0.1, 0.15) is 18.0 Å². The van der Waals surface area contributed by atoms with E-state index in [4.69, 9.17) is 9.47 Å². The van der Waals surface area contributed by atoms with Crippen molar-refractivity contribution >= 4 is 27.8 Å². The van der Waals surface area contributed by atoms with E-state index in [9.17, 15) is 9.90 Å². The fraction of sp³-hybridized carbons (Fsp3) is 0.296. The van der Waals surface area contributed by atoms with E-state index in [1.165, 1.54) is 5.56 Å². The number of aromatic nitrogens is 1. The van der Waals surface area contributed by atoms with E-state index in [1.807, 2.05) is 59.2 Å². The van der Waals surface area contributed by atoms with Gasteiger partial charge in [-0.3, -0.25) is 4.79 Å². The molecule has 0 amide bonds. The highest BCUT2D eigenvalue weighted by Gasteiger charge is 2.13. The molecule has 1 heterocycles. The highest BCUT2D eigenvalue weighted by molar-refractivity contribution is 6.08. The first-order valence-electron chi connectivity index (χ1n) is 11.1. The molecule has 0 aliphatic carbocycles. The van der Waals surface area contributed by atoms with E-state index < -0.39 is 5.97 Å². The molecule has 0 aliphatic rings. The van der Waals surface area contributed by atoms with E-state index in [0.717, 1.165) is 46.1 Å². The quantitative estimate of drug-likeness (QED) is 0.302. The zero-order valence-electron chi connectivity index (χ0n) is 18.6. The molecule has 0 spiro atoms. The summed E-state index contributed by atoms with van der Waals surface area (Å²) < 4.78 is 13.7. The van der Waals surface area contributed by atoms with Crippen molar-refractivity contribution < 1.29 is 19.4 Å². The van der Waals surface area contributed by atoms with Crippen molar-refractivity contribution in [3.8, 4) is 11.5 Å². The summed E-state index contributed by atoms with van der Waals surface area (Å²) in [5.41, 5.74) is 3.07. The van der Waals surface area contributed by atoms with E-state index >= 15 is 0 Å². The molecular formula is C27H29NO4. The fourth-order valence-corrected chi connectivity index (χ4v) is 3.97. The summed E-state index contributed by atoms with van der Waals surface area (Å²) in [6.45, 7) is 5.50. The van der Waals surface area contributed by atoms with Crippen LogP contribution in [0.15, 0.2) is 66.7 Å². The van der Waals surface area contributed by atoms with Crippen molar-refractivity contribution in [1.29, 1.82) is 0 Å². The molecule has 4 rings (SSSR count). The van der Waals surface area contributed by atoms with Crippen LogP contribution in [0.3, 0.4) is 0 Å². The lowest BCUT2D eigenvalue weighted by Crippen LogP contribution is -2.08. The van der Waals surface area contributed by atoms with Crippen LogP contribution in [0.2, 0.25) is 0 Å². The minimum atomic E-state index is -0.863. The number of unbranched alkanes of at least 4 members (excludes halogenated alkanes) is 1. The normalized spacial score (nSPS) is 11.3. The summed E-state index contributed by atoms with van der Waals surface area (Å²) in [5, 5.41) is 11.4. The highest BCUT2D eigenvalue weighted by atomic mass is 16.5. The zero-order chi connectivity index (χ0) is 22.5. The summed E-state index contributed by atoms with van der Waals surface area (Å²) in [7, 11) is 0. The number of aliphatic carboxylic acids is 1. The number of carboxylic acids is 1. The van der Waals surface area contributed by atoms with Crippen molar-refractivity contribution in [2.24, 2.45) is 0 Å². The number of benzene rings is 3. The lowest BCUT2D eigenvalue weighted by Gasteiger charge is -2.11. The third kappa shape index (κ3) is 4.88. The highest BCUT2D eigenvalue weighted by Crippen LogP contribution is 2.31. The molecule has 5 heteroatoms. The maximum atomic E-state index is 11.4. The Kier molecular flexibility index (Phi) is 6.64. The Morgan fingerprint density at radius 3 is 2.25 bits per heavy atom. The van der Waals surface area contributed by atoms with E-state index in [2.05, 4.69) is 26.0 Å². The first-order chi connectivity index (χ1) is 15.5. The standard InChI is InChI=1S/C27H29NO4/c1-19(2)20-8-7-9-21(16-20)31-14-5-6-15-32-22-12-13-24-23-10-3-4-11-25(23)28(18-27(29)30)26(24)17-22/h3-4,7-13,16-17,19H,5-6,14-15,18H2,1-2H3,(H,29,30). The van der Waals surface area contributed by atoms with Gasteiger partial charge in [0.15, 0.2) is 0 Å². The van der Waals surface area contributed by atoms with Crippen LogP contribution in [-0.4, -0.2) is 28.9 Å². The van der Waals surface area contributed by atoms with Crippen LogP contribution in [0.1, 0.15) is 38.2 Å². The molecule has 5 nitrogen and oxygen atoms in total. The third-order valence-corrected chi connectivity index (χ3v) is 5.64. The Hall–Kier alpha value is -3.47. The number of carboxylic acid groups (broad SMARTS) is 1. The lowest BCUT2D eigenvalue weighted by molar-refractivity contribution is -0.137. The average molecular weight is 432 g/mol. The molecule has 0 aliphatic heterocycles. The Morgan fingerprint density at radius 1 is 0.844 bits per heavy atom. The van der Waals surface area contributed by atoms with Gasteiger partial charge in [0.2, 0.25) is 0 Å². The molecule has 0 bridgehead atoms. The SMILES string of the molecule is CC(C)c1cccc(OCCCCOc2ccc3c4ccccc4n(CC(=O)O)c3c2)c1. The Labute approximate surface area is 188 Å². The first-order valence-corrected chi connectivity index (χ1v) is 11.1. The number of para-hydroxylation sites is 1. The van der Waals surface area contributed by atoms with Crippen molar-refractivity contribution in [3.05, 3.63) is 72.3 Å². The van der Waals surface area contributed by atoms with Gasteiger partial charge in [0.25, 0.3) is 0 Å². The summed E-state index contributed by atoms with van der Waals surface area (Å²) in [6, 6.07) is 22.0. The van der Waals surface area contributed by atoms with Crippen LogP contribution < -0.4 is 9.47 Å². The van der Waals surface area contributed by atoms with E-state index in [0.29, 0.717) is 19.1 Å². The van der Waals surface area contributed by atoms with Crippen LogP contribution in [0.4, 0.5) is 0 Å². The van der Waals surface area contributed by atoms with Crippen LogP contribution >= 0.6 is 0 Å². The predicted octanol–water partition coefficient (Wildman–Crippen LogP) is 6.24. The molecule has 0 saturated carbocycles. The molecule has 0 unspecified atom stereocenters. The summed E-state index contributed by atoms with van der Waals surface area (Å²) in [4.78, 5) is 11.4. The van der Waals surface area contributed by atoms with Gasteiger partial charge in [0.05, 0.1) is 18.7 Å². The summed E-state index contributed by atoms with van der Waals surface area (Å²) >= 11 is 0. The Bertz CT molecular complexity index is 1230. The van der Waals surface area contributed by atoms with Crippen LogP contribution in [0.25, 0.3) is 21.8 Å².